The van der Waals surface area contributed by atoms with Crippen molar-refractivity contribution in [2.24, 2.45) is 16.5 Å². The van der Waals surface area contributed by atoms with Gasteiger partial charge >= 0.3 is 5.97 Å². The summed E-state index contributed by atoms with van der Waals surface area (Å²) in [5, 5.41) is 8.59. The van der Waals surface area contributed by atoms with E-state index in [4.69, 9.17) is 16.6 Å². The van der Waals surface area contributed by atoms with E-state index in [2.05, 4.69) is 4.99 Å². The molecule has 0 fully saturated rings. The summed E-state index contributed by atoms with van der Waals surface area (Å²) in [5.74, 6) is -0.939. The maximum atomic E-state index is 10.5. The molecule has 0 saturated carbocycles. The van der Waals surface area contributed by atoms with Crippen LogP contribution in [0.1, 0.15) is 16.7 Å². The molecular weight excluding hydrogens is 290 g/mol. The summed E-state index contributed by atoms with van der Waals surface area (Å²) in [4.78, 5) is 14.5. The van der Waals surface area contributed by atoms with E-state index in [1.807, 2.05) is 60.7 Å². The van der Waals surface area contributed by atoms with Crippen molar-refractivity contribution in [2.45, 2.75) is 0 Å². The lowest BCUT2D eigenvalue weighted by molar-refractivity contribution is -0.131. The quantitative estimate of drug-likeness (QED) is 0.342. The van der Waals surface area contributed by atoms with Crippen molar-refractivity contribution in [3.05, 3.63) is 71.3 Å². The normalized spacial score (nSPS) is 11.0. The van der Waals surface area contributed by atoms with Crippen LogP contribution in [-0.4, -0.2) is 17.0 Å². The molecule has 23 heavy (non-hydrogen) atoms. The highest BCUT2D eigenvalue weighted by Gasteiger charge is 1.94. The fourth-order valence-electron chi connectivity index (χ4n) is 1.93. The second-order valence-electron chi connectivity index (χ2n) is 4.80. The molecule has 116 valence electrons. The van der Waals surface area contributed by atoms with Crippen LogP contribution in [0.15, 0.2) is 59.6 Å². The zero-order chi connectivity index (χ0) is 16.7. The zero-order valence-electron chi connectivity index (χ0n) is 12.4. The Hall–Kier alpha value is -3.34. The standard InChI is InChI=1S/C18H17N3O2/c19-18(20)21-16-3-1-2-15(12-16)9-8-13-4-6-14(7-5-13)10-11-17(22)23/h1-12H,(H,22,23)(H4,19,20,21)/b9-8+,11-10+. The van der Waals surface area contributed by atoms with Crippen molar-refractivity contribution in [1.29, 1.82) is 0 Å². The Morgan fingerprint density at radius 3 is 2.13 bits per heavy atom. The first-order chi connectivity index (χ1) is 11.0. The van der Waals surface area contributed by atoms with Gasteiger partial charge in [-0.15, -0.1) is 0 Å². The molecule has 0 radical (unpaired) electrons. The van der Waals surface area contributed by atoms with Crippen molar-refractivity contribution in [3.63, 3.8) is 0 Å². The molecule has 5 nitrogen and oxygen atoms in total. The highest BCUT2D eigenvalue weighted by atomic mass is 16.4. The molecular formula is C18H17N3O2. The summed E-state index contributed by atoms with van der Waals surface area (Å²) in [6, 6.07) is 15.1. The molecule has 0 aliphatic heterocycles. The Morgan fingerprint density at radius 2 is 1.52 bits per heavy atom. The minimum atomic E-state index is -0.963. The summed E-state index contributed by atoms with van der Waals surface area (Å²) in [5.41, 5.74) is 14.2. The Morgan fingerprint density at radius 1 is 0.913 bits per heavy atom. The van der Waals surface area contributed by atoms with Crippen LogP contribution in [0.4, 0.5) is 5.69 Å². The second-order valence-corrected chi connectivity index (χ2v) is 4.80. The molecule has 0 unspecified atom stereocenters. The van der Waals surface area contributed by atoms with Crippen molar-refractivity contribution < 1.29 is 9.90 Å². The molecule has 5 N–H and O–H groups in total. The monoisotopic (exact) mass is 307 g/mol. The van der Waals surface area contributed by atoms with Crippen LogP contribution < -0.4 is 11.5 Å². The highest BCUT2D eigenvalue weighted by Crippen LogP contribution is 2.16. The molecule has 2 aromatic rings. The van der Waals surface area contributed by atoms with Crippen LogP contribution in [0.5, 0.6) is 0 Å². The smallest absolute Gasteiger partial charge is 0.328 e. The number of aliphatic imine (C=N–C) groups is 1. The molecule has 0 bridgehead atoms. The van der Waals surface area contributed by atoms with Gasteiger partial charge in [0.2, 0.25) is 0 Å². The number of hydrogen-bond acceptors (Lipinski definition) is 2. The van der Waals surface area contributed by atoms with Crippen molar-refractivity contribution >= 4 is 35.8 Å². The molecule has 2 aromatic carbocycles. The SMILES string of the molecule is NC(N)=Nc1cccc(/C=C/c2ccc(/C=C/C(=O)O)cc2)c1. The number of nitrogens with zero attached hydrogens (tertiary/aromatic N) is 1. The predicted octanol–water partition coefficient (Wildman–Crippen LogP) is 2.86. The van der Waals surface area contributed by atoms with Gasteiger partial charge in [0.05, 0.1) is 5.69 Å². The zero-order valence-corrected chi connectivity index (χ0v) is 12.4. The van der Waals surface area contributed by atoms with Crippen LogP contribution in [0.3, 0.4) is 0 Å². The molecule has 0 aliphatic rings. The van der Waals surface area contributed by atoms with E-state index in [1.54, 1.807) is 6.08 Å². The minimum absolute atomic E-state index is 0.0242. The van der Waals surface area contributed by atoms with Gasteiger partial charge in [0, 0.05) is 6.08 Å². The average molecular weight is 307 g/mol. The van der Waals surface area contributed by atoms with Gasteiger partial charge in [0.1, 0.15) is 0 Å². The lowest BCUT2D eigenvalue weighted by Gasteiger charge is -1.99. The molecule has 0 aromatic heterocycles. The second kappa shape index (κ2) is 7.61. The maximum Gasteiger partial charge on any atom is 0.328 e. The number of guanidine groups is 1. The van der Waals surface area contributed by atoms with Gasteiger partial charge < -0.3 is 16.6 Å². The highest BCUT2D eigenvalue weighted by molar-refractivity contribution is 5.85. The van der Waals surface area contributed by atoms with E-state index in [-0.39, 0.29) is 5.96 Å². The van der Waals surface area contributed by atoms with E-state index < -0.39 is 5.97 Å². The summed E-state index contributed by atoms with van der Waals surface area (Å²) >= 11 is 0. The van der Waals surface area contributed by atoms with Gasteiger partial charge in [-0.25, -0.2) is 9.79 Å². The van der Waals surface area contributed by atoms with Crippen LogP contribution in [0, 0.1) is 0 Å². The van der Waals surface area contributed by atoms with Crippen LogP contribution in [0.25, 0.3) is 18.2 Å². The molecule has 0 aliphatic carbocycles. The number of carbonyl (C=O) groups is 1. The lowest BCUT2D eigenvalue weighted by atomic mass is 10.1. The summed E-state index contributed by atoms with van der Waals surface area (Å²) < 4.78 is 0. The van der Waals surface area contributed by atoms with Crippen molar-refractivity contribution in [2.75, 3.05) is 0 Å². The minimum Gasteiger partial charge on any atom is -0.478 e. The Kier molecular flexibility index (Phi) is 5.30. The van der Waals surface area contributed by atoms with E-state index in [1.165, 1.54) is 0 Å². The number of rotatable bonds is 5. The molecule has 0 spiro atoms. The van der Waals surface area contributed by atoms with Gasteiger partial charge in [0.25, 0.3) is 0 Å². The molecule has 5 heteroatoms. The van der Waals surface area contributed by atoms with Crippen LogP contribution in [-0.2, 0) is 4.79 Å². The van der Waals surface area contributed by atoms with E-state index in [0.717, 1.165) is 22.8 Å². The number of carboxylic acid groups (broad SMARTS) is 1. The van der Waals surface area contributed by atoms with Gasteiger partial charge in [-0.2, -0.15) is 0 Å². The fraction of sp³-hybridized carbons (Fsp3) is 0. The first-order valence-electron chi connectivity index (χ1n) is 6.92. The molecule has 2 rings (SSSR count). The van der Waals surface area contributed by atoms with Gasteiger partial charge in [-0.3, -0.25) is 0 Å². The summed E-state index contributed by atoms with van der Waals surface area (Å²) in [6.07, 6.45) is 6.57. The van der Waals surface area contributed by atoms with Crippen LogP contribution >= 0.6 is 0 Å². The fourth-order valence-corrected chi connectivity index (χ4v) is 1.93. The van der Waals surface area contributed by atoms with Gasteiger partial charge in [-0.05, 0) is 34.9 Å². The number of benzene rings is 2. The average Bonchev–Trinajstić information content (AvgIpc) is 2.51. The molecule has 0 amide bonds. The summed E-state index contributed by atoms with van der Waals surface area (Å²) in [7, 11) is 0. The van der Waals surface area contributed by atoms with E-state index >= 15 is 0 Å². The largest absolute Gasteiger partial charge is 0.478 e. The van der Waals surface area contributed by atoms with Gasteiger partial charge in [0.15, 0.2) is 5.96 Å². The van der Waals surface area contributed by atoms with Gasteiger partial charge in [-0.1, -0.05) is 48.6 Å². The molecule has 0 saturated heterocycles. The Balaban J connectivity index is 2.11. The van der Waals surface area contributed by atoms with E-state index in [9.17, 15) is 4.79 Å². The third kappa shape index (κ3) is 5.51. The Labute approximate surface area is 134 Å². The number of hydrogen-bond donors (Lipinski definition) is 3. The number of aliphatic carboxylic acids is 1. The Bertz CT molecular complexity index is 771. The van der Waals surface area contributed by atoms with Crippen molar-refractivity contribution in [3.8, 4) is 0 Å². The summed E-state index contributed by atoms with van der Waals surface area (Å²) in [6.45, 7) is 0. The number of carboxylic acids is 1. The predicted molar refractivity (Wildman–Crippen MR) is 94.0 cm³/mol. The third-order valence-corrected chi connectivity index (χ3v) is 2.95. The maximum absolute atomic E-state index is 10.5. The third-order valence-electron chi connectivity index (χ3n) is 2.95. The van der Waals surface area contributed by atoms with E-state index in [0.29, 0.717) is 5.69 Å². The molecule has 0 atom stereocenters. The number of nitrogens with two attached hydrogens (primary N) is 2. The molecule has 0 heterocycles. The lowest BCUT2D eigenvalue weighted by Crippen LogP contribution is -2.21. The first-order valence-corrected chi connectivity index (χ1v) is 6.92. The topological polar surface area (TPSA) is 102 Å². The van der Waals surface area contributed by atoms with Crippen molar-refractivity contribution in [1.82, 2.24) is 0 Å². The van der Waals surface area contributed by atoms with Crippen LogP contribution in [0.2, 0.25) is 0 Å². The first kappa shape index (κ1) is 16.0.